The van der Waals surface area contributed by atoms with Gasteiger partial charge >= 0.3 is 5.97 Å². The van der Waals surface area contributed by atoms with Crippen LogP contribution < -0.4 is 10.6 Å². The van der Waals surface area contributed by atoms with Gasteiger partial charge < -0.3 is 15.4 Å². The Bertz CT molecular complexity index is 805. The minimum absolute atomic E-state index is 0.0130. The molecule has 4 saturated carbocycles. The van der Waals surface area contributed by atoms with Crippen LogP contribution in [0.3, 0.4) is 0 Å². The van der Waals surface area contributed by atoms with Gasteiger partial charge in [0.1, 0.15) is 0 Å². The third-order valence-corrected chi connectivity index (χ3v) is 7.49. The molecule has 2 N–H and O–H groups in total. The molecule has 1 atom stereocenters. The Morgan fingerprint density at radius 3 is 2.27 bits per heavy atom. The van der Waals surface area contributed by atoms with Crippen molar-refractivity contribution in [3.05, 3.63) is 34.9 Å². The highest BCUT2D eigenvalue weighted by Crippen LogP contribution is 2.60. The second-order valence-corrected chi connectivity index (χ2v) is 9.71. The molecular weight excluding hydrogens is 404 g/mol. The molecule has 30 heavy (non-hydrogen) atoms. The zero-order chi connectivity index (χ0) is 21.3. The van der Waals surface area contributed by atoms with E-state index in [1.807, 2.05) is 0 Å². The highest BCUT2D eigenvalue weighted by atomic mass is 35.5. The van der Waals surface area contributed by atoms with E-state index in [9.17, 15) is 14.4 Å². The van der Waals surface area contributed by atoms with E-state index < -0.39 is 12.0 Å². The van der Waals surface area contributed by atoms with Gasteiger partial charge in [0.25, 0.3) is 0 Å². The number of hydrogen-bond donors (Lipinski definition) is 2. The fourth-order valence-electron chi connectivity index (χ4n) is 6.23. The first-order valence-electron chi connectivity index (χ1n) is 10.8. The first-order valence-corrected chi connectivity index (χ1v) is 11.2. The summed E-state index contributed by atoms with van der Waals surface area (Å²) in [6, 6.07) is 6.45. The highest BCUT2D eigenvalue weighted by molar-refractivity contribution is 6.31. The maximum absolute atomic E-state index is 13.0. The van der Waals surface area contributed by atoms with E-state index in [1.54, 1.807) is 24.3 Å². The zero-order valence-electron chi connectivity index (χ0n) is 17.3. The number of ether oxygens (including phenoxy) is 1. The molecule has 4 bridgehead atoms. The number of nitrogens with one attached hydrogen (secondary N) is 2. The lowest BCUT2D eigenvalue weighted by molar-refractivity contribution is -0.147. The van der Waals surface area contributed by atoms with Crippen LogP contribution >= 0.6 is 11.6 Å². The average Bonchev–Trinajstić information content (AvgIpc) is 2.70. The summed E-state index contributed by atoms with van der Waals surface area (Å²) in [5.41, 5.74) is 0.355. The lowest BCUT2D eigenvalue weighted by Crippen LogP contribution is -2.54. The number of carbonyl (C=O) groups is 3. The van der Waals surface area contributed by atoms with E-state index >= 15 is 0 Å². The van der Waals surface area contributed by atoms with E-state index in [4.69, 9.17) is 16.3 Å². The maximum atomic E-state index is 13.0. The molecule has 7 heteroatoms. The van der Waals surface area contributed by atoms with Crippen molar-refractivity contribution in [2.24, 2.45) is 23.2 Å². The van der Waals surface area contributed by atoms with Gasteiger partial charge in [0, 0.05) is 10.4 Å². The first-order chi connectivity index (χ1) is 14.4. The largest absolute Gasteiger partial charge is 0.469 e. The fraction of sp³-hybridized carbons (Fsp3) is 0.609. The van der Waals surface area contributed by atoms with Gasteiger partial charge in [0.15, 0.2) is 0 Å². The number of amides is 2. The van der Waals surface area contributed by atoms with Crippen molar-refractivity contribution in [1.29, 1.82) is 0 Å². The Hall–Kier alpha value is -2.08. The van der Waals surface area contributed by atoms with Crippen molar-refractivity contribution in [3.8, 4) is 0 Å². The van der Waals surface area contributed by atoms with Crippen LogP contribution in [0.2, 0.25) is 5.02 Å². The number of halogens is 1. The molecule has 4 fully saturated rings. The average molecular weight is 433 g/mol. The molecule has 1 aromatic carbocycles. The van der Waals surface area contributed by atoms with Crippen LogP contribution in [0.15, 0.2) is 24.3 Å². The van der Waals surface area contributed by atoms with Crippen LogP contribution in [0.25, 0.3) is 0 Å². The van der Waals surface area contributed by atoms with Gasteiger partial charge in [0.2, 0.25) is 11.8 Å². The van der Waals surface area contributed by atoms with Crippen LogP contribution in [0.5, 0.6) is 0 Å². The molecule has 1 unspecified atom stereocenters. The number of rotatable bonds is 7. The number of carbonyl (C=O) groups excluding carboxylic acids is 3. The molecule has 162 valence electrons. The second-order valence-electron chi connectivity index (χ2n) is 9.30. The zero-order valence-corrected chi connectivity index (χ0v) is 18.0. The summed E-state index contributed by atoms with van der Waals surface area (Å²) in [6.45, 7) is -0.108. The van der Waals surface area contributed by atoms with Gasteiger partial charge in [-0.05, 0) is 67.9 Å². The Morgan fingerprint density at radius 1 is 1.10 bits per heavy atom. The molecule has 1 aromatic rings. The molecule has 4 aliphatic carbocycles. The monoisotopic (exact) mass is 432 g/mol. The molecule has 0 aromatic heterocycles. The second kappa shape index (κ2) is 8.58. The SMILES string of the molecule is COC(=O)CC(NC(=O)CNC(=O)C12CC3CC(CC(C3)C1)C2)c1ccccc1Cl. The Morgan fingerprint density at radius 2 is 1.70 bits per heavy atom. The van der Waals surface area contributed by atoms with Crippen LogP contribution in [-0.4, -0.2) is 31.4 Å². The van der Waals surface area contributed by atoms with Gasteiger partial charge in [-0.25, -0.2) is 0 Å². The summed E-state index contributed by atoms with van der Waals surface area (Å²) in [5, 5.41) is 6.17. The van der Waals surface area contributed by atoms with Crippen LogP contribution in [0.1, 0.15) is 56.6 Å². The molecule has 0 spiro atoms. The third-order valence-electron chi connectivity index (χ3n) is 7.14. The quantitative estimate of drug-likeness (QED) is 0.647. The minimum Gasteiger partial charge on any atom is -0.469 e. The topological polar surface area (TPSA) is 84.5 Å². The van der Waals surface area contributed by atoms with E-state index in [2.05, 4.69) is 10.6 Å². The molecular formula is C23H29ClN2O4. The maximum Gasteiger partial charge on any atom is 0.307 e. The van der Waals surface area contributed by atoms with Crippen molar-refractivity contribution in [2.75, 3.05) is 13.7 Å². The van der Waals surface area contributed by atoms with Crippen LogP contribution in [-0.2, 0) is 19.1 Å². The smallest absolute Gasteiger partial charge is 0.307 e. The molecule has 4 aliphatic rings. The van der Waals surface area contributed by atoms with E-state index in [0.717, 1.165) is 19.3 Å². The van der Waals surface area contributed by atoms with E-state index in [-0.39, 0.29) is 30.2 Å². The number of methoxy groups -OCH3 is 1. The number of benzene rings is 1. The molecule has 0 saturated heterocycles. The van der Waals surface area contributed by atoms with E-state index in [0.29, 0.717) is 28.3 Å². The summed E-state index contributed by atoms with van der Waals surface area (Å²) in [6.07, 6.45) is 6.63. The van der Waals surface area contributed by atoms with Crippen molar-refractivity contribution in [3.63, 3.8) is 0 Å². The van der Waals surface area contributed by atoms with Crippen molar-refractivity contribution in [2.45, 2.75) is 51.0 Å². The lowest BCUT2D eigenvalue weighted by Gasteiger charge is -2.55. The van der Waals surface area contributed by atoms with Crippen LogP contribution in [0, 0.1) is 23.2 Å². The Labute approximate surface area is 182 Å². The fourth-order valence-corrected chi connectivity index (χ4v) is 6.50. The number of esters is 1. The van der Waals surface area contributed by atoms with Crippen LogP contribution in [0.4, 0.5) is 0 Å². The third kappa shape index (κ3) is 4.34. The molecule has 0 radical (unpaired) electrons. The predicted octanol–water partition coefficient (Wildman–Crippen LogP) is 3.39. The van der Waals surface area contributed by atoms with E-state index in [1.165, 1.54) is 26.4 Å². The summed E-state index contributed by atoms with van der Waals surface area (Å²) < 4.78 is 4.76. The van der Waals surface area contributed by atoms with Crippen molar-refractivity contribution >= 4 is 29.4 Å². The van der Waals surface area contributed by atoms with Gasteiger partial charge in [-0.1, -0.05) is 29.8 Å². The van der Waals surface area contributed by atoms with Gasteiger partial charge in [-0.3, -0.25) is 14.4 Å². The number of hydrogen-bond acceptors (Lipinski definition) is 4. The molecule has 6 nitrogen and oxygen atoms in total. The summed E-state index contributed by atoms with van der Waals surface area (Å²) >= 11 is 6.26. The highest BCUT2D eigenvalue weighted by Gasteiger charge is 2.54. The summed E-state index contributed by atoms with van der Waals surface area (Å²) in [7, 11) is 1.31. The normalized spacial score (nSPS) is 29.9. The molecule has 2 amide bonds. The van der Waals surface area contributed by atoms with Crippen molar-refractivity contribution < 1.29 is 19.1 Å². The molecule has 0 aliphatic heterocycles. The summed E-state index contributed by atoms with van der Waals surface area (Å²) in [5.74, 6) is 1.22. The lowest BCUT2D eigenvalue weighted by atomic mass is 9.49. The Balaban J connectivity index is 1.37. The predicted molar refractivity (Wildman–Crippen MR) is 113 cm³/mol. The van der Waals surface area contributed by atoms with Gasteiger partial charge in [-0.2, -0.15) is 0 Å². The first kappa shape index (κ1) is 21.2. The minimum atomic E-state index is -0.616. The molecule has 0 heterocycles. The summed E-state index contributed by atoms with van der Waals surface area (Å²) in [4.78, 5) is 37.5. The van der Waals surface area contributed by atoms with Crippen molar-refractivity contribution in [1.82, 2.24) is 10.6 Å². The Kier molecular flexibility index (Phi) is 6.05. The van der Waals surface area contributed by atoms with Gasteiger partial charge in [0.05, 0.1) is 26.1 Å². The molecule has 5 rings (SSSR count). The van der Waals surface area contributed by atoms with Gasteiger partial charge in [-0.15, -0.1) is 0 Å². The standard InChI is InChI=1S/C23H29ClN2O4/c1-30-21(28)9-19(17-4-2-3-5-18(17)24)26-20(27)13-25-22(29)23-10-14-6-15(11-23)8-16(7-14)12-23/h2-5,14-16,19H,6-13H2,1H3,(H,25,29)(H,26,27).